The van der Waals surface area contributed by atoms with Gasteiger partial charge >= 0.3 is 0 Å². The maximum atomic E-state index is 12.6. The van der Waals surface area contributed by atoms with Gasteiger partial charge in [0.2, 0.25) is 0 Å². The van der Waals surface area contributed by atoms with E-state index in [2.05, 4.69) is 0 Å². The molecule has 0 saturated heterocycles. The van der Waals surface area contributed by atoms with Crippen molar-refractivity contribution < 1.29 is 9.13 Å². The van der Waals surface area contributed by atoms with Crippen LogP contribution in [0.4, 0.5) is 4.39 Å². The molecule has 2 nitrogen and oxygen atoms in total. The number of rotatable bonds is 7. The molecule has 0 amide bonds. The standard InChI is InChI=1S/C12H18FNOS/c1-2-15-11(9-14)7-8-16-12-5-3-10(13)4-6-12/h3-6,11H,2,7-9,14H2,1H3. The summed E-state index contributed by atoms with van der Waals surface area (Å²) in [5.74, 6) is 0.742. The third-order valence-electron chi connectivity index (χ3n) is 2.19. The fourth-order valence-corrected chi connectivity index (χ4v) is 2.29. The van der Waals surface area contributed by atoms with E-state index >= 15 is 0 Å². The molecule has 0 radical (unpaired) electrons. The maximum Gasteiger partial charge on any atom is 0.123 e. The first-order chi connectivity index (χ1) is 7.76. The van der Waals surface area contributed by atoms with Crippen molar-refractivity contribution in [3.05, 3.63) is 30.1 Å². The van der Waals surface area contributed by atoms with Crippen LogP contribution in [0, 0.1) is 5.82 Å². The molecule has 0 fully saturated rings. The molecule has 0 heterocycles. The molecule has 0 aliphatic heterocycles. The van der Waals surface area contributed by atoms with E-state index in [-0.39, 0.29) is 11.9 Å². The Balaban J connectivity index is 2.26. The Bertz CT molecular complexity index is 292. The van der Waals surface area contributed by atoms with E-state index in [1.807, 2.05) is 6.92 Å². The van der Waals surface area contributed by atoms with Gasteiger partial charge in [0.15, 0.2) is 0 Å². The molecule has 2 N–H and O–H groups in total. The Morgan fingerprint density at radius 1 is 1.38 bits per heavy atom. The highest BCUT2D eigenvalue weighted by Crippen LogP contribution is 2.19. The largest absolute Gasteiger partial charge is 0.377 e. The van der Waals surface area contributed by atoms with Gasteiger partial charge in [-0.05, 0) is 37.6 Å². The third kappa shape index (κ3) is 4.96. The molecule has 16 heavy (non-hydrogen) atoms. The van der Waals surface area contributed by atoms with E-state index in [1.54, 1.807) is 23.9 Å². The summed E-state index contributed by atoms with van der Waals surface area (Å²) in [6, 6.07) is 6.53. The summed E-state index contributed by atoms with van der Waals surface area (Å²) in [5, 5.41) is 0. The van der Waals surface area contributed by atoms with Crippen molar-refractivity contribution in [2.45, 2.75) is 24.3 Å². The van der Waals surface area contributed by atoms with E-state index in [0.717, 1.165) is 17.1 Å². The highest BCUT2D eigenvalue weighted by molar-refractivity contribution is 7.99. The van der Waals surface area contributed by atoms with Crippen LogP contribution in [0.25, 0.3) is 0 Å². The minimum absolute atomic E-state index is 0.137. The molecule has 0 aliphatic rings. The molecule has 90 valence electrons. The van der Waals surface area contributed by atoms with Crippen LogP contribution in [0.1, 0.15) is 13.3 Å². The summed E-state index contributed by atoms with van der Waals surface area (Å²) in [5.41, 5.74) is 5.57. The van der Waals surface area contributed by atoms with Crippen LogP contribution in [-0.4, -0.2) is 25.0 Å². The summed E-state index contributed by atoms with van der Waals surface area (Å²) >= 11 is 1.70. The van der Waals surface area contributed by atoms with Crippen LogP contribution in [0.2, 0.25) is 0 Å². The summed E-state index contributed by atoms with van der Waals surface area (Å²) in [6.07, 6.45) is 1.06. The highest BCUT2D eigenvalue weighted by atomic mass is 32.2. The summed E-state index contributed by atoms with van der Waals surface area (Å²) in [6.45, 7) is 3.22. The number of ether oxygens (including phenoxy) is 1. The maximum absolute atomic E-state index is 12.6. The van der Waals surface area contributed by atoms with Gasteiger partial charge < -0.3 is 10.5 Å². The monoisotopic (exact) mass is 243 g/mol. The third-order valence-corrected chi connectivity index (χ3v) is 3.23. The zero-order valence-electron chi connectivity index (χ0n) is 9.49. The van der Waals surface area contributed by atoms with Crippen molar-refractivity contribution in [1.82, 2.24) is 0 Å². The molecule has 0 aromatic heterocycles. The van der Waals surface area contributed by atoms with Crippen LogP contribution in [0.15, 0.2) is 29.2 Å². The van der Waals surface area contributed by atoms with Gasteiger partial charge in [-0.25, -0.2) is 4.39 Å². The van der Waals surface area contributed by atoms with Crippen molar-refractivity contribution in [2.75, 3.05) is 18.9 Å². The van der Waals surface area contributed by atoms with Crippen molar-refractivity contribution in [2.24, 2.45) is 5.73 Å². The van der Waals surface area contributed by atoms with Gasteiger partial charge in [0.1, 0.15) is 5.82 Å². The minimum atomic E-state index is -0.196. The number of hydrogen-bond donors (Lipinski definition) is 1. The lowest BCUT2D eigenvalue weighted by Crippen LogP contribution is -2.24. The molecule has 0 bridgehead atoms. The second-order valence-corrected chi connectivity index (χ2v) is 4.57. The summed E-state index contributed by atoms with van der Waals surface area (Å²) in [4.78, 5) is 1.08. The quantitative estimate of drug-likeness (QED) is 0.748. The Morgan fingerprint density at radius 3 is 2.62 bits per heavy atom. The van der Waals surface area contributed by atoms with Gasteiger partial charge in [-0.15, -0.1) is 11.8 Å². The van der Waals surface area contributed by atoms with E-state index < -0.39 is 0 Å². The van der Waals surface area contributed by atoms with Gasteiger partial charge in [0.25, 0.3) is 0 Å². The van der Waals surface area contributed by atoms with Crippen molar-refractivity contribution >= 4 is 11.8 Å². The number of nitrogens with two attached hydrogens (primary N) is 1. The topological polar surface area (TPSA) is 35.2 Å². The smallest absolute Gasteiger partial charge is 0.123 e. The Hall–Kier alpha value is -0.580. The number of halogens is 1. The second kappa shape index (κ2) is 7.65. The molecular weight excluding hydrogens is 225 g/mol. The normalized spacial score (nSPS) is 12.7. The lowest BCUT2D eigenvalue weighted by atomic mass is 10.3. The van der Waals surface area contributed by atoms with Crippen molar-refractivity contribution in [1.29, 1.82) is 0 Å². The molecule has 1 atom stereocenters. The molecule has 0 spiro atoms. The predicted octanol–water partition coefficient (Wildman–Crippen LogP) is 2.67. The number of thioether (sulfide) groups is 1. The summed E-state index contributed by atoms with van der Waals surface area (Å²) in [7, 11) is 0. The van der Waals surface area contributed by atoms with Crippen LogP contribution in [-0.2, 0) is 4.74 Å². The van der Waals surface area contributed by atoms with Crippen molar-refractivity contribution in [3.63, 3.8) is 0 Å². The highest BCUT2D eigenvalue weighted by Gasteiger charge is 2.05. The van der Waals surface area contributed by atoms with Crippen LogP contribution >= 0.6 is 11.8 Å². The number of hydrogen-bond acceptors (Lipinski definition) is 3. The zero-order valence-corrected chi connectivity index (χ0v) is 10.3. The van der Waals surface area contributed by atoms with E-state index in [9.17, 15) is 4.39 Å². The fraction of sp³-hybridized carbons (Fsp3) is 0.500. The number of benzene rings is 1. The Morgan fingerprint density at radius 2 is 2.06 bits per heavy atom. The fourth-order valence-electron chi connectivity index (χ4n) is 1.34. The summed E-state index contributed by atoms with van der Waals surface area (Å²) < 4.78 is 18.1. The van der Waals surface area contributed by atoms with E-state index in [0.29, 0.717) is 13.2 Å². The Labute approximate surface area is 100 Å². The first-order valence-electron chi connectivity index (χ1n) is 5.46. The molecule has 1 rings (SSSR count). The van der Waals surface area contributed by atoms with Gasteiger partial charge in [-0.1, -0.05) is 0 Å². The van der Waals surface area contributed by atoms with Crippen LogP contribution < -0.4 is 5.73 Å². The minimum Gasteiger partial charge on any atom is -0.377 e. The predicted molar refractivity (Wildman–Crippen MR) is 66.2 cm³/mol. The van der Waals surface area contributed by atoms with E-state index in [1.165, 1.54) is 12.1 Å². The first kappa shape index (κ1) is 13.5. The zero-order chi connectivity index (χ0) is 11.8. The van der Waals surface area contributed by atoms with Gasteiger partial charge in [0.05, 0.1) is 6.10 Å². The van der Waals surface area contributed by atoms with Crippen molar-refractivity contribution in [3.8, 4) is 0 Å². The molecule has 1 aromatic carbocycles. The molecule has 1 aromatic rings. The Kier molecular flexibility index (Phi) is 6.45. The van der Waals surface area contributed by atoms with Crippen LogP contribution in [0.3, 0.4) is 0 Å². The average molecular weight is 243 g/mol. The first-order valence-corrected chi connectivity index (χ1v) is 6.44. The molecular formula is C12H18FNOS. The van der Waals surface area contributed by atoms with Gasteiger partial charge in [0, 0.05) is 23.8 Å². The molecule has 0 aliphatic carbocycles. The van der Waals surface area contributed by atoms with E-state index in [4.69, 9.17) is 10.5 Å². The lowest BCUT2D eigenvalue weighted by molar-refractivity contribution is 0.0674. The lowest BCUT2D eigenvalue weighted by Gasteiger charge is -2.14. The van der Waals surface area contributed by atoms with Gasteiger partial charge in [-0.2, -0.15) is 0 Å². The molecule has 1 unspecified atom stereocenters. The molecule has 0 saturated carbocycles. The second-order valence-electron chi connectivity index (χ2n) is 3.40. The average Bonchev–Trinajstić information content (AvgIpc) is 2.30. The van der Waals surface area contributed by atoms with Gasteiger partial charge in [-0.3, -0.25) is 0 Å². The van der Waals surface area contributed by atoms with Crippen LogP contribution in [0.5, 0.6) is 0 Å². The molecule has 4 heteroatoms. The SMILES string of the molecule is CCOC(CN)CCSc1ccc(F)cc1.